The fourth-order valence-corrected chi connectivity index (χ4v) is 4.83. The molecule has 156 valence electrons. The van der Waals surface area contributed by atoms with E-state index in [4.69, 9.17) is 0 Å². The van der Waals surface area contributed by atoms with Crippen LogP contribution in [0.1, 0.15) is 23.2 Å². The van der Waals surface area contributed by atoms with Crippen LogP contribution in [-0.4, -0.2) is 72.3 Å². The van der Waals surface area contributed by atoms with Crippen LogP contribution in [0, 0.1) is 5.41 Å². The fraction of sp³-hybridized carbons (Fsp3) is 0.421. The van der Waals surface area contributed by atoms with Gasteiger partial charge in [-0.2, -0.15) is 10.2 Å². The molecule has 2 fully saturated rings. The SMILES string of the molecule is CN(C(=O)Nc1cc(Br)cnn1)C1CC2(C1)CN(C(=O)c1cnn3ccn(C)c13)C2. The predicted octanol–water partition coefficient (Wildman–Crippen LogP) is 1.99. The monoisotopic (exact) mass is 472 g/mol. The van der Waals surface area contributed by atoms with E-state index in [1.54, 1.807) is 34.9 Å². The molecule has 4 heterocycles. The molecule has 1 spiro atoms. The van der Waals surface area contributed by atoms with Crippen molar-refractivity contribution < 1.29 is 9.59 Å². The third-order valence-corrected chi connectivity index (χ3v) is 6.60. The molecule has 10 nitrogen and oxygen atoms in total. The number of carbonyl (C=O) groups is 2. The van der Waals surface area contributed by atoms with E-state index in [1.807, 2.05) is 28.9 Å². The van der Waals surface area contributed by atoms with Gasteiger partial charge in [0, 0.05) is 55.5 Å². The van der Waals surface area contributed by atoms with Gasteiger partial charge in [0.05, 0.1) is 12.4 Å². The zero-order valence-corrected chi connectivity index (χ0v) is 18.2. The highest BCUT2D eigenvalue weighted by Gasteiger charge is 2.55. The summed E-state index contributed by atoms with van der Waals surface area (Å²) in [5, 5.41) is 14.7. The van der Waals surface area contributed by atoms with E-state index >= 15 is 0 Å². The van der Waals surface area contributed by atoms with E-state index < -0.39 is 0 Å². The Morgan fingerprint density at radius 1 is 1.27 bits per heavy atom. The number of imidazole rings is 1. The van der Waals surface area contributed by atoms with Gasteiger partial charge >= 0.3 is 6.03 Å². The second kappa shape index (κ2) is 6.79. The molecule has 0 bridgehead atoms. The first-order valence-corrected chi connectivity index (χ1v) is 10.4. The minimum Gasteiger partial charge on any atom is -0.337 e. The molecule has 0 radical (unpaired) electrons. The van der Waals surface area contributed by atoms with Gasteiger partial charge < -0.3 is 14.4 Å². The summed E-state index contributed by atoms with van der Waals surface area (Å²) < 4.78 is 4.37. The smallest absolute Gasteiger partial charge is 0.323 e. The Kier molecular flexibility index (Phi) is 4.31. The van der Waals surface area contributed by atoms with Crippen molar-refractivity contribution in [1.29, 1.82) is 0 Å². The highest BCUT2D eigenvalue weighted by molar-refractivity contribution is 9.10. The van der Waals surface area contributed by atoms with Crippen molar-refractivity contribution in [3.05, 3.63) is 40.9 Å². The standard InChI is InChI=1S/C19H21BrN8O2/c1-25-3-4-28-16(25)14(9-22-28)17(29)27-10-19(11-27)6-13(7-19)26(2)18(30)23-15-5-12(20)8-21-24-15/h3-5,8-9,13H,6-7,10-11H2,1-2H3,(H,23,24,30). The van der Waals surface area contributed by atoms with Crippen LogP contribution in [0.15, 0.2) is 35.3 Å². The molecule has 2 aliphatic rings. The summed E-state index contributed by atoms with van der Waals surface area (Å²) in [7, 11) is 3.70. The van der Waals surface area contributed by atoms with Crippen LogP contribution in [0.25, 0.3) is 5.65 Å². The highest BCUT2D eigenvalue weighted by atomic mass is 79.9. The number of likely N-dealkylation sites (tertiary alicyclic amines) is 1. The van der Waals surface area contributed by atoms with Crippen LogP contribution >= 0.6 is 15.9 Å². The van der Waals surface area contributed by atoms with Crippen molar-refractivity contribution in [2.75, 3.05) is 25.5 Å². The average Bonchev–Trinajstić information content (AvgIpc) is 3.22. The number of hydrogen-bond donors (Lipinski definition) is 1. The highest BCUT2D eigenvalue weighted by Crippen LogP contribution is 2.50. The fourth-order valence-electron chi connectivity index (χ4n) is 4.52. The summed E-state index contributed by atoms with van der Waals surface area (Å²) in [6.07, 6.45) is 8.69. The van der Waals surface area contributed by atoms with Crippen molar-refractivity contribution in [2.24, 2.45) is 12.5 Å². The van der Waals surface area contributed by atoms with Crippen molar-refractivity contribution in [3.8, 4) is 0 Å². The molecule has 1 N–H and O–H groups in total. The van der Waals surface area contributed by atoms with Crippen molar-refractivity contribution >= 4 is 39.3 Å². The van der Waals surface area contributed by atoms with Gasteiger partial charge in [-0.3, -0.25) is 10.1 Å². The number of amides is 3. The van der Waals surface area contributed by atoms with Crippen LogP contribution in [0.2, 0.25) is 0 Å². The Morgan fingerprint density at radius 3 is 2.77 bits per heavy atom. The first-order valence-electron chi connectivity index (χ1n) is 9.65. The topological polar surface area (TPSA) is 101 Å². The van der Waals surface area contributed by atoms with Gasteiger partial charge in [-0.05, 0) is 34.8 Å². The number of nitrogens with one attached hydrogen (secondary N) is 1. The van der Waals surface area contributed by atoms with Gasteiger partial charge in [-0.1, -0.05) is 0 Å². The number of aromatic nitrogens is 5. The number of nitrogens with zero attached hydrogens (tertiary/aromatic N) is 7. The van der Waals surface area contributed by atoms with Gasteiger partial charge in [0.2, 0.25) is 0 Å². The van der Waals surface area contributed by atoms with E-state index in [9.17, 15) is 9.59 Å². The summed E-state index contributed by atoms with van der Waals surface area (Å²) in [4.78, 5) is 29.0. The average molecular weight is 473 g/mol. The zero-order chi connectivity index (χ0) is 21.0. The van der Waals surface area contributed by atoms with Crippen LogP contribution in [0.4, 0.5) is 10.6 Å². The number of anilines is 1. The third-order valence-electron chi connectivity index (χ3n) is 6.17. The zero-order valence-electron chi connectivity index (χ0n) is 16.6. The Bertz CT molecular complexity index is 1140. The summed E-state index contributed by atoms with van der Waals surface area (Å²) in [5.74, 6) is 0.420. The van der Waals surface area contributed by atoms with E-state index in [-0.39, 0.29) is 23.4 Å². The molecule has 0 aromatic carbocycles. The maximum absolute atomic E-state index is 12.9. The molecule has 30 heavy (non-hydrogen) atoms. The first kappa shape index (κ1) is 19.0. The molecule has 0 atom stereocenters. The summed E-state index contributed by atoms with van der Waals surface area (Å²) in [6, 6.07) is 1.65. The molecule has 1 aliphatic carbocycles. The van der Waals surface area contributed by atoms with Crippen molar-refractivity contribution in [2.45, 2.75) is 18.9 Å². The van der Waals surface area contributed by atoms with Crippen LogP contribution in [0.5, 0.6) is 0 Å². The molecular weight excluding hydrogens is 452 g/mol. The van der Waals surface area contributed by atoms with Gasteiger partial charge in [0.15, 0.2) is 5.82 Å². The molecule has 1 aliphatic heterocycles. The molecule has 3 amide bonds. The van der Waals surface area contributed by atoms with Crippen molar-refractivity contribution in [3.63, 3.8) is 0 Å². The Hall–Kier alpha value is -2.95. The molecule has 3 aromatic rings. The molecular formula is C19H21BrN8O2. The number of hydrogen-bond acceptors (Lipinski definition) is 5. The number of halogens is 1. The summed E-state index contributed by atoms with van der Waals surface area (Å²) >= 11 is 3.31. The normalized spacial score (nSPS) is 17.6. The van der Waals surface area contributed by atoms with Gasteiger partial charge in [0.1, 0.15) is 11.2 Å². The predicted molar refractivity (Wildman–Crippen MR) is 112 cm³/mol. The lowest BCUT2D eigenvalue weighted by Gasteiger charge is -2.60. The second-order valence-electron chi connectivity index (χ2n) is 8.26. The maximum Gasteiger partial charge on any atom is 0.323 e. The lowest BCUT2D eigenvalue weighted by atomic mass is 9.60. The summed E-state index contributed by atoms with van der Waals surface area (Å²) in [5.41, 5.74) is 1.55. The largest absolute Gasteiger partial charge is 0.337 e. The third kappa shape index (κ3) is 3.04. The lowest BCUT2D eigenvalue weighted by Crippen LogP contribution is -2.67. The van der Waals surface area contributed by atoms with Crippen LogP contribution in [0.3, 0.4) is 0 Å². The quantitative estimate of drug-likeness (QED) is 0.627. The van der Waals surface area contributed by atoms with E-state index in [0.29, 0.717) is 11.4 Å². The number of rotatable bonds is 3. The van der Waals surface area contributed by atoms with Gasteiger partial charge in [-0.15, -0.1) is 5.10 Å². The van der Waals surface area contributed by atoms with Gasteiger partial charge in [-0.25, -0.2) is 9.31 Å². The lowest BCUT2D eigenvalue weighted by molar-refractivity contribution is -0.0787. The minimum atomic E-state index is -0.208. The van der Waals surface area contributed by atoms with Crippen LogP contribution in [-0.2, 0) is 7.05 Å². The maximum atomic E-state index is 12.9. The van der Waals surface area contributed by atoms with E-state index in [0.717, 1.165) is 36.1 Å². The van der Waals surface area contributed by atoms with E-state index in [1.165, 1.54) is 0 Å². The Morgan fingerprint density at radius 2 is 2.03 bits per heavy atom. The molecule has 0 unspecified atom stereocenters. The molecule has 11 heteroatoms. The first-order chi connectivity index (χ1) is 14.3. The number of urea groups is 1. The number of fused-ring (bicyclic) bond motifs is 1. The van der Waals surface area contributed by atoms with Crippen LogP contribution < -0.4 is 5.32 Å². The van der Waals surface area contributed by atoms with E-state index in [2.05, 4.69) is 36.5 Å². The Labute approximate surface area is 181 Å². The molecule has 1 saturated carbocycles. The Balaban J connectivity index is 1.16. The second-order valence-corrected chi connectivity index (χ2v) is 9.17. The number of carbonyl (C=O) groups excluding carboxylic acids is 2. The van der Waals surface area contributed by atoms with Gasteiger partial charge in [0.25, 0.3) is 5.91 Å². The molecule has 3 aromatic heterocycles. The number of aryl methyl sites for hydroxylation is 1. The minimum absolute atomic E-state index is 0.0141. The molecule has 1 saturated heterocycles. The molecule has 5 rings (SSSR count). The van der Waals surface area contributed by atoms with Crippen molar-refractivity contribution in [1.82, 2.24) is 34.2 Å². The summed E-state index contributed by atoms with van der Waals surface area (Å²) in [6.45, 7) is 1.44.